The van der Waals surface area contributed by atoms with E-state index in [9.17, 15) is 4.79 Å². The number of nitrogens with zero attached hydrogens (tertiary/aromatic N) is 3. The highest BCUT2D eigenvalue weighted by atomic mass is 16.5. The number of guanidine groups is 1. The third kappa shape index (κ3) is 4.76. The number of H-pyrrole nitrogens is 1. The van der Waals surface area contributed by atoms with Gasteiger partial charge in [-0.2, -0.15) is 0 Å². The molecular formula is C22H26N6O2. The van der Waals surface area contributed by atoms with Gasteiger partial charge in [0.25, 0.3) is 0 Å². The Hall–Kier alpha value is -3.42. The smallest absolute Gasteiger partial charge is 0.229 e. The van der Waals surface area contributed by atoms with Crippen molar-refractivity contribution >= 4 is 28.7 Å². The summed E-state index contributed by atoms with van der Waals surface area (Å²) in [5.41, 5.74) is 3.90. The molecule has 0 unspecified atom stereocenters. The van der Waals surface area contributed by atoms with Gasteiger partial charge in [-0.3, -0.25) is 20.4 Å². The fraction of sp³-hybridized carbons (Fsp3) is 0.364. The fourth-order valence-corrected chi connectivity index (χ4v) is 3.34. The van der Waals surface area contributed by atoms with Crippen LogP contribution in [-0.4, -0.2) is 40.5 Å². The molecule has 8 heteroatoms. The summed E-state index contributed by atoms with van der Waals surface area (Å²) in [7, 11) is 1.66. The lowest BCUT2D eigenvalue weighted by molar-refractivity contribution is -0.120. The van der Waals surface area contributed by atoms with Gasteiger partial charge in [-0.05, 0) is 62.9 Å². The van der Waals surface area contributed by atoms with E-state index in [-0.39, 0.29) is 11.8 Å². The number of anilines is 1. The number of carbonyl (C=O) groups excluding carboxylic acids is 1. The molecule has 1 aliphatic carbocycles. The molecule has 2 heterocycles. The van der Waals surface area contributed by atoms with Gasteiger partial charge in [-0.15, -0.1) is 0 Å². The first kappa shape index (κ1) is 19.9. The standard InChI is InChI=1S/C22H26N6O2/c1-13-10-14(2)26-22(25-13)28-21(27-20(29)15-4-5-15)23-9-8-16-12-24-19-7-6-17(30-3)11-18(16)19/h6-7,10-12,15,24H,4-5,8-9H2,1-3H3,(H2,23,25,26,27,28,29). The zero-order valence-corrected chi connectivity index (χ0v) is 17.5. The highest BCUT2D eigenvalue weighted by molar-refractivity contribution is 6.04. The Bertz CT molecular complexity index is 1080. The Labute approximate surface area is 175 Å². The number of rotatable bonds is 6. The van der Waals surface area contributed by atoms with E-state index in [0.717, 1.165) is 46.4 Å². The molecular weight excluding hydrogens is 380 g/mol. The maximum absolute atomic E-state index is 12.3. The number of aliphatic imine (C=N–C) groups is 1. The average molecular weight is 406 g/mol. The van der Waals surface area contributed by atoms with Gasteiger partial charge in [0.05, 0.1) is 7.11 Å². The van der Waals surface area contributed by atoms with E-state index >= 15 is 0 Å². The molecule has 2 aromatic heterocycles. The molecule has 4 rings (SSSR count). The van der Waals surface area contributed by atoms with Crippen LogP contribution in [0.3, 0.4) is 0 Å². The SMILES string of the molecule is COc1ccc2[nH]cc(CCN=C(NC(=O)C3CC3)Nc3nc(C)cc(C)n3)c2c1. The van der Waals surface area contributed by atoms with Crippen LogP contribution in [0.5, 0.6) is 5.75 Å². The lowest BCUT2D eigenvalue weighted by Gasteiger charge is -2.11. The lowest BCUT2D eigenvalue weighted by atomic mass is 10.1. The number of amides is 1. The number of nitrogens with one attached hydrogen (secondary N) is 3. The van der Waals surface area contributed by atoms with Crippen molar-refractivity contribution in [2.75, 3.05) is 19.0 Å². The molecule has 0 spiro atoms. The lowest BCUT2D eigenvalue weighted by Crippen LogP contribution is -2.37. The predicted molar refractivity (Wildman–Crippen MR) is 117 cm³/mol. The van der Waals surface area contributed by atoms with Crippen LogP contribution in [0.4, 0.5) is 5.95 Å². The van der Waals surface area contributed by atoms with E-state index < -0.39 is 0 Å². The summed E-state index contributed by atoms with van der Waals surface area (Å²) in [6.45, 7) is 4.32. The molecule has 1 saturated carbocycles. The van der Waals surface area contributed by atoms with Gasteiger partial charge >= 0.3 is 0 Å². The second kappa shape index (κ2) is 8.52. The quantitative estimate of drug-likeness (QED) is 0.431. The van der Waals surface area contributed by atoms with Crippen LogP contribution in [-0.2, 0) is 11.2 Å². The topological polar surface area (TPSA) is 104 Å². The number of aromatic amines is 1. The Morgan fingerprint density at radius 1 is 1.23 bits per heavy atom. The van der Waals surface area contributed by atoms with Crippen molar-refractivity contribution in [1.82, 2.24) is 20.3 Å². The number of aryl methyl sites for hydroxylation is 2. The summed E-state index contributed by atoms with van der Waals surface area (Å²) in [4.78, 5) is 28.9. The van der Waals surface area contributed by atoms with Crippen LogP contribution >= 0.6 is 0 Å². The highest BCUT2D eigenvalue weighted by Crippen LogP contribution is 2.28. The van der Waals surface area contributed by atoms with Crippen molar-refractivity contribution in [3.63, 3.8) is 0 Å². The van der Waals surface area contributed by atoms with Crippen LogP contribution in [0.15, 0.2) is 35.5 Å². The molecule has 0 atom stereocenters. The van der Waals surface area contributed by atoms with Crippen molar-refractivity contribution in [2.24, 2.45) is 10.9 Å². The minimum atomic E-state index is -0.0116. The summed E-state index contributed by atoms with van der Waals surface area (Å²) in [5, 5.41) is 7.08. The summed E-state index contributed by atoms with van der Waals surface area (Å²) in [6, 6.07) is 7.85. The monoisotopic (exact) mass is 406 g/mol. The molecule has 30 heavy (non-hydrogen) atoms. The Morgan fingerprint density at radius 3 is 2.70 bits per heavy atom. The second-order valence-electron chi connectivity index (χ2n) is 7.57. The number of benzene rings is 1. The third-order valence-corrected chi connectivity index (χ3v) is 5.03. The van der Waals surface area contributed by atoms with E-state index in [1.165, 1.54) is 0 Å². The Morgan fingerprint density at radius 2 is 2.00 bits per heavy atom. The Kier molecular flexibility index (Phi) is 5.65. The maximum atomic E-state index is 12.3. The van der Waals surface area contributed by atoms with Gasteiger partial charge < -0.3 is 9.72 Å². The van der Waals surface area contributed by atoms with E-state index in [4.69, 9.17) is 4.74 Å². The van der Waals surface area contributed by atoms with E-state index in [0.29, 0.717) is 24.9 Å². The molecule has 3 N–H and O–H groups in total. The number of ether oxygens (including phenoxy) is 1. The molecule has 1 fully saturated rings. The van der Waals surface area contributed by atoms with Crippen LogP contribution in [0.25, 0.3) is 10.9 Å². The first-order chi connectivity index (χ1) is 14.5. The molecule has 3 aromatic rings. The molecule has 8 nitrogen and oxygen atoms in total. The van der Waals surface area contributed by atoms with Gasteiger partial charge in [0.2, 0.25) is 17.8 Å². The van der Waals surface area contributed by atoms with Crippen molar-refractivity contribution in [3.8, 4) is 5.75 Å². The van der Waals surface area contributed by atoms with E-state index in [1.54, 1.807) is 7.11 Å². The fourth-order valence-electron chi connectivity index (χ4n) is 3.34. The second-order valence-corrected chi connectivity index (χ2v) is 7.57. The predicted octanol–water partition coefficient (Wildman–Crippen LogP) is 3.12. The summed E-state index contributed by atoms with van der Waals surface area (Å²) < 4.78 is 5.33. The normalized spacial score (nSPS) is 14.0. The van der Waals surface area contributed by atoms with Crippen molar-refractivity contribution in [1.29, 1.82) is 0 Å². The zero-order chi connectivity index (χ0) is 21.1. The maximum Gasteiger partial charge on any atom is 0.229 e. The number of hydrogen-bond acceptors (Lipinski definition) is 5. The minimum absolute atomic E-state index is 0.0116. The number of aromatic nitrogens is 3. The largest absolute Gasteiger partial charge is 0.497 e. The summed E-state index contributed by atoms with van der Waals surface area (Å²) in [5.74, 6) is 1.70. The van der Waals surface area contributed by atoms with Crippen LogP contribution in [0.2, 0.25) is 0 Å². The molecule has 0 bridgehead atoms. The van der Waals surface area contributed by atoms with Gasteiger partial charge in [0, 0.05) is 41.0 Å². The average Bonchev–Trinajstić information content (AvgIpc) is 3.49. The number of methoxy groups -OCH3 is 1. The van der Waals surface area contributed by atoms with E-state index in [2.05, 4.69) is 30.6 Å². The van der Waals surface area contributed by atoms with Crippen LogP contribution in [0, 0.1) is 19.8 Å². The van der Waals surface area contributed by atoms with Crippen LogP contribution < -0.4 is 15.4 Å². The highest BCUT2D eigenvalue weighted by Gasteiger charge is 2.30. The van der Waals surface area contributed by atoms with Gasteiger partial charge in [-0.25, -0.2) is 9.97 Å². The van der Waals surface area contributed by atoms with E-state index in [1.807, 2.05) is 44.3 Å². The van der Waals surface area contributed by atoms with Gasteiger partial charge in [0.1, 0.15) is 5.75 Å². The number of hydrogen-bond donors (Lipinski definition) is 3. The molecule has 1 aliphatic rings. The third-order valence-electron chi connectivity index (χ3n) is 5.03. The number of fused-ring (bicyclic) bond motifs is 1. The first-order valence-electron chi connectivity index (χ1n) is 10.1. The number of carbonyl (C=O) groups is 1. The first-order valence-corrected chi connectivity index (χ1v) is 10.1. The Balaban J connectivity index is 1.50. The molecule has 1 aromatic carbocycles. The zero-order valence-electron chi connectivity index (χ0n) is 17.5. The molecule has 1 amide bonds. The van der Waals surface area contributed by atoms with Crippen molar-refractivity contribution in [2.45, 2.75) is 33.1 Å². The van der Waals surface area contributed by atoms with Gasteiger partial charge in [0.15, 0.2) is 0 Å². The van der Waals surface area contributed by atoms with Gasteiger partial charge in [-0.1, -0.05) is 0 Å². The molecule has 0 radical (unpaired) electrons. The molecule has 0 saturated heterocycles. The molecule has 156 valence electrons. The van der Waals surface area contributed by atoms with Crippen LogP contribution in [0.1, 0.15) is 29.8 Å². The molecule has 0 aliphatic heterocycles. The minimum Gasteiger partial charge on any atom is -0.497 e. The van der Waals surface area contributed by atoms with Crippen molar-refractivity contribution < 1.29 is 9.53 Å². The summed E-state index contributed by atoms with van der Waals surface area (Å²) in [6.07, 6.45) is 4.56. The van der Waals surface area contributed by atoms with Crippen molar-refractivity contribution in [3.05, 3.63) is 47.4 Å². The summed E-state index contributed by atoms with van der Waals surface area (Å²) >= 11 is 0.